The van der Waals surface area contributed by atoms with Crippen molar-refractivity contribution >= 4 is 0 Å². The summed E-state index contributed by atoms with van der Waals surface area (Å²) in [6.07, 6.45) is -3.96. The van der Waals surface area contributed by atoms with Gasteiger partial charge in [0.1, 0.15) is 6.04 Å². The highest BCUT2D eigenvalue weighted by molar-refractivity contribution is 5.59. The first-order valence-corrected chi connectivity index (χ1v) is 7.82. The Morgan fingerprint density at radius 2 is 1.73 bits per heavy atom. The third kappa shape index (κ3) is 3.92. The van der Waals surface area contributed by atoms with Gasteiger partial charge in [0.2, 0.25) is 11.8 Å². The second-order valence-electron chi connectivity index (χ2n) is 5.76. The molecule has 3 N–H and O–H groups in total. The molecule has 5 nitrogen and oxygen atoms in total. The summed E-state index contributed by atoms with van der Waals surface area (Å²) in [5.41, 5.74) is 7.17. The number of hydrogen-bond donors (Lipinski definition) is 2. The lowest BCUT2D eigenvalue weighted by Crippen LogP contribution is -2.14. The smallest absolute Gasteiger partial charge is 0.416 e. The molecule has 1 heterocycles. The van der Waals surface area contributed by atoms with Gasteiger partial charge in [-0.1, -0.05) is 30.3 Å². The molecule has 26 heavy (non-hydrogen) atoms. The standard InChI is InChI=1S/C18H16F3N3O2/c19-18(20,21)13-7-5-11(6-8-13)9-12-3-1-2-4-14(12)16-23-24-17(26-16)15(22)10-25/h1-8,15,25H,9-10,22H2. The van der Waals surface area contributed by atoms with Gasteiger partial charge in [-0.15, -0.1) is 10.2 Å². The maximum atomic E-state index is 12.7. The highest BCUT2D eigenvalue weighted by atomic mass is 19.4. The van der Waals surface area contributed by atoms with Crippen molar-refractivity contribution in [1.29, 1.82) is 0 Å². The number of aliphatic hydroxyl groups excluding tert-OH is 1. The van der Waals surface area contributed by atoms with Gasteiger partial charge in [0, 0.05) is 5.56 Å². The Kier molecular flexibility index (Phi) is 5.06. The summed E-state index contributed by atoms with van der Waals surface area (Å²) in [6, 6.07) is 11.5. The van der Waals surface area contributed by atoms with Crippen molar-refractivity contribution in [2.24, 2.45) is 5.73 Å². The molecule has 0 aliphatic carbocycles. The zero-order valence-electron chi connectivity index (χ0n) is 13.6. The molecular formula is C18H16F3N3O2. The number of halogens is 3. The lowest BCUT2D eigenvalue weighted by molar-refractivity contribution is -0.137. The second kappa shape index (κ2) is 7.27. The van der Waals surface area contributed by atoms with Gasteiger partial charge in [0.25, 0.3) is 0 Å². The molecule has 0 fully saturated rings. The average Bonchev–Trinajstić information content (AvgIpc) is 3.11. The van der Waals surface area contributed by atoms with Crippen molar-refractivity contribution in [2.45, 2.75) is 18.6 Å². The van der Waals surface area contributed by atoms with Gasteiger partial charge in [0.15, 0.2) is 0 Å². The fourth-order valence-electron chi connectivity index (χ4n) is 2.49. The molecule has 0 spiro atoms. The molecule has 1 aromatic heterocycles. The van der Waals surface area contributed by atoms with Crippen LogP contribution < -0.4 is 5.73 Å². The number of aliphatic hydroxyl groups is 1. The van der Waals surface area contributed by atoms with E-state index in [1.54, 1.807) is 12.1 Å². The molecule has 136 valence electrons. The number of nitrogens with zero attached hydrogens (tertiary/aromatic N) is 2. The van der Waals surface area contributed by atoms with Crippen molar-refractivity contribution in [2.75, 3.05) is 6.61 Å². The zero-order chi connectivity index (χ0) is 18.7. The van der Waals surface area contributed by atoms with E-state index in [4.69, 9.17) is 15.3 Å². The first-order valence-electron chi connectivity index (χ1n) is 7.82. The Morgan fingerprint density at radius 1 is 1.04 bits per heavy atom. The average molecular weight is 363 g/mol. The second-order valence-corrected chi connectivity index (χ2v) is 5.76. The van der Waals surface area contributed by atoms with Gasteiger partial charge in [-0.2, -0.15) is 13.2 Å². The van der Waals surface area contributed by atoms with E-state index in [0.717, 1.165) is 23.3 Å². The fraction of sp³-hybridized carbons (Fsp3) is 0.222. The number of nitrogens with two attached hydrogens (primary N) is 1. The molecule has 1 atom stereocenters. The lowest BCUT2D eigenvalue weighted by Gasteiger charge is -2.09. The van der Waals surface area contributed by atoms with Gasteiger partial charge in [-0.3, -0.25) is 0 Å². The Bertz CT molecular complexity index is 876. The van der Waals surface area contributed by atoms with Gasteiger partial charge in [-0.25, -0.2) is 0 Å². The van der Waals surface area contributed by atoms with E-state index in [0.29, 0.717) is 12.0 Å². The molecule has 0 aliphatic heterocycles. The Balaban J connectivity index is 1.87. The van der Waals surface area contributed by atoms with Crippen molar-refractivity contribution < 1.29 is 22.7 Å². The molecule has 0 radical (unpaired) electrons. The first-order chi connectivity index (χ1) is 12.4. The SMILES string of the molecule is NC(CO)c1nnc(-c2ccccc2Cc2ccc(C(F)(F)F)cc2)o1. The minimum Gasteiger partial charge on any atom is -0.419 e. The fourth-order valence-corrected chi connectivity index (χ4v) is 2.49. The van der Waals surface area contributed by atoms with E-state index in [2.05, 4.69) is 10.2 Å². The predicted molar refractivity (Wildman–Crippen MR) is 88.0 cm³/mol. The van der Waals surface area contributed by atoms with Crippen molar-refractivity contribution in [3.05, 3.63) is 71.1 Å². The van der Waals surface area contributed by atoms with Crippen LogP contribution in [0.4, 0.5) is 13.2 Å². The zero-order valence-corrected chi connectivity index (χ0v) is 13.6. The Hall–Kier alpha value is -2.71. The van der Waals surface area contributed by atoms with E-state index in [-0.39, 0.29) is 18.4 Å². The van der Waals surface area contributed by atoms with E-state index in [9.17, 15) is 13.2 Å². The quantitative estimate of drug-likeness (QED) is 0.726. The monoisotopic (exact) mass is 363 g/mol. The molecule has 0 saturated carbocycles. The molecule has 8 heteroatoms. The van der Waals surface area contributed by atoms with Crippen LogP contribution >= 0.6 is 0 Å². The molecular weight excluding hydrogens is 347 g/mol. The van der Waals surface area contributed by atoms with Crippen molar-refractivity contribution in [3.8, 4) is 11.5 Å². The maximum Gasteiger partial charge on any atom is 0.416 e. The summed E-state index contributed by atoms with van der Waals surface area (Å²) in [7, 11) is 0. The largest absolute Gasteiger partial charge is 0.419 e. The molecule has 3 aromatic rings. The van der Waals surface area contributed by atoms with Crippen LogP contribution in [0.15, 0.2) is 52.9 Å². The number of hydrogen-bond acceptors (Lipinski definition) is 5. The van der Waals surface area contributed by atoms with Crippen LogP contribution in [-0.4, -0.2) is 21.9 Å². The third-order valence-electron chi connectivity index (χ3n) is 3.88. The first kappa shape index (κ1) is 18.1. The summed E-state index contributed by atoms with van der Waals surface area (Å²) in [5, 5.41) is 16.8. The van der Waals surface area contributed by atoms with Crippen LogP contribution in [0.2, 0.25) is 0 Å². The number of alkyl halides is 3. The molecule has 0 aliphatic rings. The summed E-state index contributed by atoms with van der Waals surface area (Å²) >= 11 is 0. The van der Waals surface area contributed by atoms with E-state index < -0.39 is 17.8 Å². The van der Waals surface area contributed by atoms with Crippen LogP contribution in [-0.2, 0) is 12.6 Å². The number of benzene rings is 2. The van der Waals surface area contributed by atoms with Crippen LogP contribution in [0.3, 0.4) is 0 Å². The van der Waals surface area contributed by atoms with Gasteiger partial charge in [0.05, 0.1) is 12.2 Å². The van der Waals surface area contributed by atoms with Gasteiger partial charge >= 0.3 is 6.18 Å². The Labute approximate surface area is 147 Å². The van der Waals surface area contributed by atoms with E-state index >= 15 is 0 Å². The predicted octanol–water partition coefficient (Wildman–Crippen LogP) is 3.34. The number of rotatable bonds is 5. The highest BCUT2D eigenvalue weighted by Crippen LogP contribution is 2.30. The Morgan fingerprint density at radius 3 is 2.38 bits per heavy atom. The van der Waals surface area contributed by atoms with Crippen molar-refractivity contribution in [3.63, 3.8) is 0 Å². The molecule has 0 saturated heterocycles. The summed E-state index contributed by atoms with van der Waals surface area (Å²) in [6.45, 7) is -0.325. The van der Waals surface area contributed by atoms with Gasteiger partial charge < -0.3 is 15.3 Å². The van der Waals surface area contributed by atoms with E-state index in [1.807, 2.05) is 12.1 Å². The van der Waals surface area contributed by atoms with Crippen LogP contribution in [0.25, 0.3) is 11.5 Å². The highest BCUT2D eigenvalue weighted by Gasteiger charge is 2.29. The van der Waals surface area contributed by atoms with Crippen LogP contribution in [0, 0.1) is 0 Å². The van der Waals surface area contributed by atoms with Gasteiger partial charge in [-0.05, 0) is 35.7 Å². The molecule has 3 rings (SSSR count). The minimum absolute atomic E-state index is 0.117. The number of aromatic nitrogens is 2. The molecule has 0 amide bonds. The molecule has 1 unspecified atom stereocenters. The summed E-state index contributed by atoms with van der Waals surface area (Å²) in [4.78, 5) is 0. The molecule has 0 bridgehead atoms. The normalized spacial score (nSPS) is 13.0. The summed E-state index contributed by atoms with van der Waals surface area (Å²) in [5.74, 6) is 0.359. The maximum absolute atomic E-state index is 12.7. The molecule has 2 aromatic carbocycles. The topological polar surface area (TPSA) is 85.2 Å². The summed E-state index contributed by atoms with van der Waals surface area (Å²) < 4.78 is 43.5. The minimum atomic E-state index is -4.36. The van der Waals surface area contributed by atoms with Crippen molar-refractivity contribution in [1.82, 2.24) is 10.2 Å². The van der Waals surface area contributed by atoms with Crippen LogP contribution in [0.5, 0.6) is 0 Å². The van der Waals surface area contributed by atoms with E-state index in [1.165, 1.54) is 12.1 Å². The van der Waals surface area contributed by atoms with Crippen LogP contribution in [0.1, 0.15) is 28.6 Å². The third-order valence-corrected chi connectivity index (χ3v) is 3.88. The lowest BCUT2D eigenvalue weighted by atomic mass is 9.99.